The van der Waals surface area contributed by atoms with Crippen LogP contribution in [0.4, 0.5) is 0 Å². The third-order valence-corrected chi connectivity index (χ3v) is 11.0. The van der Waals surface area contributed by atoms with E-state index in [0.717, 1.165) is 22.3 Å². The Morgan fingerprint density at radius 1 is 1.09 bits per heavy atom. The Balaban J connectivity index is 1.30. The number of nitrogens with one attached hydrogen (secondary N) is 2. The maximum absolute atomic E-state index is 13.7. The quantitative estimate of drug-likeness (QED) is 0.176. The molecule has 0 aromatic heterocycles. The van der Waals surface area contributed by atoms with Gasteiger partial charge in [0.15, 0.2) is 23.0 Å². The summed E-state index contributed by atoms with van der Waals surface area (Å²) in [6.45, 7) is 6.61. The number of methoxy groups -OCH3 is 1. The number of phenols is 1. The van der Waals surface area contributed by atoms with Crippen LogP contribution in [0.2, 0.25) is 0 Å². The monoisotopic (exact) mass is 721 g/mol. The first-order chi connectivity index (χ1) is 25.4. The molecule has 4 heterocycles. The maximum atomic E-state index is 13.7. The van der Waals surface area contributed by atoms with Crippen molar-refractivity contribution in [3.05, 3.63) is 81.4 Å². The summed E-state index contributed by atoms with van der Waals surface area (Å²) < 4.78 is 23.6. The molecule has 0 aliphatic carbocycles. The van der Waals surface area contributed by atoms with Crippen molar-refractivity contribution in [2.45, 2.75) is 76.8 Å². The SMILES string of the molecule is COc1c(C)cc2c(c1O)[C@@H]1C3Cc4c(OC(C)=O)c(C)c5c(c4[C@H](CNC(=O)[C@H](C)NC(=O)C=Cc4ccccc4)N3[C@@H](C#N)[C@H](C2)N1C)OCO5. The van der Waals surface area contributed by atoms with Gasteiger partial charge in [-0.2, -0.15) is 5.26 Å². The number of fused-ring (bicyclic) bond motifs is 9. The molecule has 0 spiro atoms. The van der Waals surface area contributed by atoms with Gasteiger partial charge in [0.2, 0.25) is 18.6 Å². The Kier molecular flexibility index (Phi) is 9.52. The second-order valence-electron chi connectivity index (χ2n) is 14.1. The van der Waals surface area contributed by atoms with Crippen molar-refractivity contribution in [1.29, 1.82) is 5.26 Å². The molecule has 1 fully saturated rings. The number of likely N-dealkylation sites (N-methyl/N-ethyl adjacent to an activating group) is 1. The van der Waals surface area contributed by atoms with E-state index in [0.29, 0.717) is 52.5 Å². The lowest BCUT2D eigenvalue weighted by molar-refractivity contribution is -0.132. The number of phenolic OH excluding ortho intramolecular Hbond substituents is 1. The smallest absolute Gasteiger partial charge is 0.308 e. The van der Waals surface area contributed by atoms with Crippen molar-refractivity contribution in [2.24, 2.45) is 0 Å². The highest BCUT2D eigenvalue weighted by atomic mass is 16.7. The van der Waals surface area contributed by atoms with Crippen LogP contribution in [0.5, 0.6) is 28.7 Å². The molecule has 6 atom stereocenters. The van der Waals surface area contributed by atoms with Gasteiger partial charge < -0.3 is 34.7 Å². The Labute approximate surface area is 308 Å². The predicted molar refractivity (Wildman–Crippen MR) is 194 cm³/mol. The lowest BCUT2D eigenvalue weighted by Gasteiger charge is -2.60. The molecular formula is C40H43N5O8. The number of hydrogen-bond donors (Lipinski definition) is 3. The van der Waals surface area contributed by atoms with Crippen LogP contribution < -0.4 is 29.6 Å². The van der Waals surface area contributed by atoms with E-state index >= 15 is 0 Å². The number of piperazine rings is 1. The third-order valence-electron chi connectivity index (χ3n) is 11.0. The van der Waals surface area contributed by atoms with Crippen molar-refractivity contribution in [3.8, 4) is 34.8 Å². The summed E-state index contributed by atoms with van der Waals surface area (Å²) in [5, 5.41) is 28.4. The number of nitriles is 1. The summed E-state index contributed by atoms with van der Waals surface area (Å²) in [5.74, 6) is 0.331. The molecule has 3 N–H and O–H groups in total. The van der Waals surface area contributed by atoms with E-state index in [9.17, 15) is 24.8 Å². The molecule has 4 aliphatic heterocycles. The van der Waals surface area contributed by atoms with Crippen LogP contribution in [0.25, 0.3) is 6.08 Å². The van der Waals surface area contributed by atoms with Crippen LogP contribution >= 0.6 is 0 Å². The number of amides is 2. The van der Waals surface area contributed by atoms with Gasteiger partial charge in [0.05, 0.1) is 25.3 Å². The molecule has 0 radical (unpaired) electrons. The lowest BCUT2D eigenvalue weighted by Crippen LogP contribution is -2.69. The first kappa shape index (κ1) is 35.8. The second-order valence-corrected chi connectivity index (χ2v) is 14.1. The van der Waals surface area contributed by atoms with Gasteiger partial charge in [-0.05, 0) is 63.4 Å². The van der Waals surface area contributed by atoms with Crippen molar-refractivity contribution in [2.75, 3.05) is 27.5 Å². The largest absolute Gasteiger partial charge is 0.504 e. The van der Waals surface area contributed by atoms with Crippen LogP contribution in [0, 0.1) is 25.2 Å². The number of ether oxygens (including phenoxy) is 4. The molecule has 0 saturated carbocycles. The molecule has 1 unspecified atom stereocenters. The van der Waals surface area contributed by atoms with Gasteiger partial charge in [0.1, 0.15) is 17.8 Å². The zero-order valence-corrected chi connectivity index (χ0v) is 30.6. The topological polar surface area (TPSA) is 163 Å². The predicted octanol–water partition coefficient (Wildman–Crippen LogP) is 3.78. The first-order valence-electron chi connectivity index (χ1n) is 17.7. The van der Waals surface area contributed by atoms with Crippen LogP contribution in [-0.4, -0.2) is 84.4 Å². The standard InChI is InChI=1S/C40H43N5O8/c1-20-14-25-15-27-29(17-41)45-28(34(44(27)5)32(25)35(48)36(20)50-6)16-26-33(39-38(51-19-52-39)21(2)37(26)53-23(4)46)30(45)18-42-40(49)22(3)43-31(47)13-12-24-10-8-7-9-11-24/h7-14,22,27-30,34,48H,15-16,18-19H2,1-6H3,(H,42,49)(H,43,47)/t22-,27-,28?,29-,30-,34-/m0/s1. The Morgan fingerprint density at radius 2 is 1.83 bits per heavy atom. The van der Waals surface area contributed by atoms with E-state index in [4.69, 9.17) is 18.9 Å². The highest BCUT2D eigenvalue weighted by molar-refractivity contribution is 5.95. The number of hydrogen-bond acceptors (Lipinski definition) is 11. The maximum Gasteiger partial charge on any atom is 0.308 e. The molecule has 3 aromatic carbocycles. The van der Waals surface area contributed by atoms with Crippen LogP contribution in [0.15, 0.2) is 42.5 Å². The summed E-state index contributed by atoms with van der Waals surface area (Å²) in [6, 6.07) is 10.7. The third kappa shape index (κ3) is 6.11. The number of esters is 1. The van der Waals surface area contributed by atoms with Gasteiger partial charge in [-0.15, -0.1) is 0 Å². The molecule has 1 saturated heterocycles. The fourth-order valence-corrected chi connectivity index (χ4v) is 8.72. The van der Waals surface area contributed by atoms with Gasteiger partial charge in [0, 0.05) is 53.9 Å². The molecule has 53 heavy (non-hydrogen) atoms. The molecule has 13 nitrogen and oxygen atoms in total. The molecule has 2 bridgehead atoms. The van der Waals surface area contributed by atoms with Crippen molar-refractivity contribution in [1.82, 2.24) is 20.4 Å². The van der Waals surface area contributed by atoms with E-state index < -0.39 is 48.0 Å². The first-order valence-corrected chi connectivity index (χ1v) is 17.7. The fraction of sp³-hybridized carbons (Fsp3) is 0.400. The van der Waals surface area contributed by atoms with Gasteiger partial charge >= 0.3 is 5.97 Å². The summed E-state index contributed by atoms with van der Waals surface area (Å²) in [4.78, 5) is 43.3. The molecule has 276 valence electrons. The number of benzene rings is 3. The molecular weight excluding hydrogens is 678 g/mol. The fourth-order valence-electron chi connectivity index (χ4n) is 8.72. The average Bonchev–Trinajstić information content (AvgIpc) is 3.62. The van der Waals surface area contributed by atoms with E-state index in [1.54, 1.807) is 13.0 Å². The lowest BCUT2D eigenvalue weighted by atomic mass is 9.71. The van der Waals surface area contributed by atoms with Crippen LogP contribution in [-0.2, 0) is 27.2 Å². The second kappa shape index (κ2) is 14.1. The molecule has 7 rings (SSSR count). The van der Waals surface area contributed by atoms with E-state index in [2.05, 4.69) is 26.5 Å². The number of rotatable bonds is 8. The highest BCUT2D eigenvalue weighted by Gasteiger charge is 2.57. The van der Waals surface area contributed by atoms with E-state index in [-0.39, 0.29) is 25.1 Å². The molecule has 3 aromatic rings. The molecule has 2 amide bonds. The van der Waals surface area contributed by atoms with Crippen molar-refractivity contribution >= 4 is 23.9 Å². The number of carbonyl (C=O) groups excluding carboxylic acids is 3. The minimum absolute atomic E-state index is 0.0260. The van der Waals surface area contributed by atoms with Crippen molar-refractivity contribution < 1.29 is 38.4 Å². The number of aryl methyl sites for hydroxylation is 1. The minimum Gasteiger partial charge on any atom is -0.504 e. The highest BCUT2D eigenvalue weighted by Crippen LogP contribution is 2.58. The Hall–Kier alpha value is -5.58. The van der Waals surface area contributed by atoms with Crippen molar-refractivity contribution in [3.63, 3.8) is 0 Å². The normalized spacial score (nSPS) is 23.2. The zero-order chi connectivity index (χ0) is 37.7. The zero-order valence-electron chi connectivity index (χ0n) is 30.6. The number of aromatic hydroxyl groups is 1. The van der Waals surface area contributed by atoms with Crippen LogP contribution in [0.3, 0.4) is 0 Å². The Bertz CT molecular complexity index is 2060. The summed E-state index contributed by atoms with van der Waals surface area (Å²) in [5.41, 5.74) is 5.26. The minimum atomic E-state index is -0.889. The molecule has 4 aliphatic rings. The van der Waals surface area contributed by atoms with E-state index in [1.807, 2.05) is 57.3 Å². The summed E-state index contributed by atoms with van der Waals surface area (Å²) in [7, 11) is 3.49. The van der Waals surface area contributed by atoms with E-state index in [1.165, 1.54) is 20.1 Å². The molecule has 13 heteroatoms. The van der Waals surface area contributed by atoms with Gasteiger partial charge in [-0.3, -0.25) is 24.2 Å². The van der Waals surface area contributed by atoms with Crippen LogP contribution in [0.1, 0.15) is 64.9 Å². The van der Waals surface area contributed by atoms with Gasteiger partial charge in [0.25, 0.3) is 0 Å². The summed E-state index contributed by atoms with van der Waals surface area (Å²) >= 11 is 0. The number of nitrogens with zero attached hydrogens (tertiary/aromatic N) is 3. The number of carbonyl (C=O) groups is 3. The Morgan fingerprint density at radius 3 is 2.53 bits per heavy atom. The van der Waals surface area contributed by atoms with Gasteiger partial charge in [-0.25, -0.2) is 0 Å². The summed E-state index contributed by atoms with van der Waals surface area (Å²) in [6.07, 6.45) is 3.88. The van der Waals surface area contributed by atoms with Gasteiger partial charge in [-0.1, -0.05) is 36.4 Å². The average molecular weight is 722 g/mol.